The Morgan fingerprint density at radius 3 is 2.47 bits per heavy atom. The lowest BCUT2D eigenvalue weighted by Crippen LogP contribution is -2.39. The lowest BCUT2D eigenvalue weighted by molar-refractivity contribution is -0.155. The van der Waals surface area contributed by atoms with E-state index in [1.54, 1.807) is 56.4 Å². The number of carbonyl (C=O) groups excluding carboxylic acids is 3. The molecule has 0 spiro atoms. The largest absolute Gasteiger partial charge is 0.458 e. The van der Waals surface area contributed by atoms with Crippen molar-refractivity contribution in [2.45, 2.75) is 52.2 Å². The predicted molar refractivity (Wildman–Crippen MR) is 162 cm³/mol. The molecule has 0 unspecified atom stereocenters. The van der Waals surface area contributed by atoms with Crippen LogP contribution in [0.3, 0.4) is 0 Å². The van der Waals surface area contributed by atoms with E-state index in [1.807, 2.05) is 43.3 Å². The van der Waals surface area contributed by atoms with E-state index in [0.29, 0.717) is 41.5 Å². The van der Waals surface area contributed by atoms with Crippen molar-refractivity contribution in [2.75, 3.05) is 21.7 Å². The van der Waals surface area contributed by atoms with E-state index in [-0.39, 0.29) is 18.2 Å². The molecule has 1 aliphatic rings. The first-order chi connectivity index (χ1) is 20.6. The van der Waals surface area contributed by atoms with Crippen molar-refractivity contribution in [2.24, 2.45) is 0 Å². The van der Waals surface area contributed by atoms with Crippen LogP contribution in [0.5, 0.6) is 0 Å². The Morgan fingerprint density at radius 2 is 1.77 bits per heavy atom. The number of hydrogen-bond acceptors (Lipinski definition) is 9. The quantitative estimate of drug-likeness (QED) is 0.284. The fraction of sp³-hybridized carbons (Fsp3) is 0.281. The lowest BCUT2D eigenvalue weighted by Gasteiger charge is -2.27. The second-order valence-electron chi connectivity index (χ2n) is 11.0. The van der Waals surface area contributed by atoms with E-state index >= 15 is 0 Å². The summed E-state index contributed by atoms with van der Waals surface area (Å²) in [6.07, 6.45) is 8.23. The van der Waals surface area contributed by atoms with Gasteiger partial charge in [0.05, 0.1) is 18.3 Å². The summed E-state index contributed by atoms with van der Waals surface area (Å²) in [4.78, 5) is 59.6. The van der Waals surface area contributed by atoms with Gasteiger partial charge in [-0.25, -0.2) is 19.7 Å². The summed E-state index contributed by atoms with van der Waals surface area (Å²) in [6, 6.07) is 13.6. The Hall–Kier alpha value is -5.19. The van der Waals surface area contributed by atoms with Crippen molar-refractivity contribution in [3.63, 3.8) is 0 Å². The number of benzene rings is 1. The molecule has 0 aliphatic carbocycles. The number of pyridine rings is 2. The number of ether oxygens (including phenoxy) is 1. The third-order valence-electron chi connectivity index (χ3n) is 6.78. The molecule has 220 valence electrons. The number of rotatable bonds is 9. The number of carbonyl (C=O) groups is 3. The van der Waals surface area contributed by atoms with Gasteiger partial charge in [0, 0.05) is 42.7 Å². The van der Waals surface area contributed by atoms with Crippen molar-refractivity contribution in [1.82, 2.24) is 19.9 Å². The number of nitrogens with zero attached hydrogens (tertiary/aromatic N) is 6. The molecule has 4 heterocycles. The molecule has 5 rings (SSSR count). The van der Waals surface area contributed by atoms with Gasteiger partial charge >= 0.3 is 5.97 Å². The first kappa shape index (κ1) is 29.3. The van der Waals surface area contributed by atoms with E-state index in [9.17, 15) is 14.4 Å². The number of hydrogen-bond donors (Lipinski definition) is 1. The lowest BCUT2D eigenvalue weighted by atomic mass is 10.0. The molecular formula is C32H33N7O4. The fourth-order valence-corrected chi connectivity index (χ4v) is 4.85. The average Bonchev–Trinajstić information content (AvgIpc) is 3.33. The molecule has 0 fully saturated rings. The van der Waals surface area contributed by atoms with Gasteiger partial charge in [0.2, 0.25) is 5.91 Å². The van der Waals surface area contributed by atoms with Crippen LogP contribution < -0.4 is 15.1 Å². The molecule has 11 nitrogen and oxygen atoms in total. The monoisotopic (exact) mass is 579 g/mol. The summed E-state index contributed by atoms with van der Waals surface area (Å²) >= 11 is 0. The standard InChI is InChI=1S/C32H33N7O4/c1-5-38(30(41)22-12-15-33-16-13-22)26-19-34-20-36-28(26)37-25(31(42)43-32(2,3)4)17-21-8-10-24(11-9-21)39-27(40)18-23-7-6-14-35-29(23)39/h6-16,19-20,25H,5,17-18H2,1-4H3,(H,34,36,37)/t25-/m0/s1. The van der Waals surface area contributed by atoms with Crippen molar-refractivity contribution in [3.8, 4) is 0 Å². The van der Waals surface area contributed by atoms with Gasteiger partial charge in [-0.2, -0.15) is 0 Å². The molecule has 1 aromatic carbocycles. The van der Waals surface area contributed by atoms with Crippen molar-refractivity contribution in [3.05, 3.63) is 96.3 Å². The highest BCUT2D eigenvalue weighted by atomic mass is 16.6. The first-order valence-corrected chi connectivity index (χ1v) is 14.0. The topological polar surface area (TPSA) is 131 Å². The van der Waals surface area contributed by atoms with Gasteiger partial charge in [0.15, 0.2) is 5.82 Å². The number of aromatic nitrogens is 4. The Balaban J connectivity index is 1.41. The number of esters is 1. The SMILES string of the molecule is CCN(C(=O)c1ccncc1)c1cncnc1N[C@@H](Cc1ccc(N2C(=O)Cc3cccnc32)cc1)C(=O)OC(C)(C)C. The van der Waals surface area contributed by atoms with Gasteiger partial charge in [0.1, 0.15) is 29.5 Å². The maximum Gasteiger partial charge on any atom is 0.329 e. The first-order valence-electron chi connectivity index (χ1n) is 14.0. The summed E-state index contributed by atoms with van der Waals surface area (Å²) < 4.78 is 5.75. The van der Waals surface area contributed by atoms with E-state index in [2.05, 4.69) is 25.3 Å². The summed E-state index contributed by atoms with van der Waals surface area (Å²) in [6.45, 7) is 7.60. The van der Waals surface area contributed by atoms with E-state index in [4.69, 9.17) is 4.74 Å². The van der Waals surface area contributed by atoms with Crippen LogP contribution in [0.25, 0.3) is 0 Å². The Labute approximate surface area is 250 Å². The maximum atomic E-state index is 13.5. The van der Waals surface area contributed by atoms with Crippen LogP contribution >= 0.6 is 0 Å². The molecular weight excluding hydrogens is 546 g/mol. The van der Waals surface area contributed by atoms with Crippen LogP contribution in [0.2, 0.25) is 0 Å². The van der Waals surface area contributed by atoms with E-state index < -0.39 is 17.6 Å². The number of anilines is 4. The Kier molecular flexibility index (Phi) is 8.42. The van der Waals surface area contributed by atoms with Gasteiger partial charge in [-0.3, -0.25) is 19.5 Å². The predicted octanol–water partition coefficient (Wildman–Crippen LogP) is 4.52. The average molecular weight is 580 g/mol. The molecule has 1 aliphatic heterocycles. The van der Waals surface area contributed by atoms with Crippen LogP contribution in [0.1, 0.15) is 49.2 Å². The second kappa shape index (κ2) is 12.4. The highest BCUT2D eigenvalue weighted by molar-refractivity contribution is 6.07. The van der Waals surface area contributed by atoms with Gasteiger partial charge in [-0.1, -0.05) is 18.2 Å². The number of nitrogens with one attached hydrogen (secondary N) is 1. The molecule has 2 amide bonds. The summed E-state index contributed by atoms with van der Waals surface area (Å²) in [7, 11) is 0. The zero-order valence-corrected chi connectivity index (χ0v) is 24.5. The van der Waals surface area contributed by atoms with Crippen LogP contribution in [0.15, 0.2) is 79.6 Å². The number of amides is 2. The minimum Gasteiger partial charge on any atom is -0.458 e. The summed E-state index contributed by atoms with van der Waals surface area (Å²) in [5.74, 6) is 0.175. The van der Waals surface area contributed by atoms with Gasteiger partial charge in [0.25, 0.3) is 5.91 Å². The van der Waals surface area contributed by atoms with Crippen LogP contribution in [0, 0.1) is 0 Å². The third kappa shape index (κ3) is 6.66. The highest BCUT2D eigenvalue weighted by Gasteiger charge is 2.31. The number of fused-ring (bicyclic) bond motifs is 1. The molecule has 0 saturated heterocycles. The van der Waals surface area contributed by atoms with Crippen molar-refractivity contribution >= 4 is 40.8 Å². The molecule has 11 heteroatoms. The molecule has 0 bridgehead atoms. The van der Waals surface area contributed by atoms with Crippen LogP contribution in [-0.2, 0) is 27.2 Å². The van der Waals surface area contributed by atoms with Crippen LogP contribution in [0.4, 0.5) is 23.0 Å². The summed E-state index contributed by atoms with van der Waals surface area (Å²) in [5.41, 5.74) is 2.57. The molecule has 1 N–H and O–H groups in total. The molecule has 0 radical (unpaired) electrons. The normalized spacial score (nSPS) is 13.3. The smallest absolute Gasteiger partial charge is 0.329 e. The molecule has 0 saturated carbocycles. The van der Waals surface area contributed by atoms with E-state index in [0.717, 1.165) is 11.1 Å². The fourth-order valence-electron chi connectivity index (χ4n) is 4.85. The van der Waals surface area contributed by atoms with Gasteiger partial charge < -0.3 is 15.0 Å². The molecule has 1 atom stereocenters. The summed E-state index contributed by atoms with van der Waals surface area (Å²) in [5, 5.41) is 3.22. The van der Waals surface area contributed by atoms with Gasteiger partial charge in [-0.05, 0) is 63.6 Å². The third-order valence-corrected chi connectivity index (χ3v) is 6.78. The highest BCUT2D eigenvalue weighted by Crippen LogP contribution is 2.33. The zero-order valence-electron chi connectivity index (χ0n) is 24.5. The molecule has 43 heavy (non-hydrogen) atoms. The Morgan fingerprint density at radius 1 is 1.02 bits per heavy atom. The van der Waals surface area contributed by atoms with Crippen molar-refractivity contribution in [1.29, 1.82) is 0 Å². The molecule has 3 aromatic heterocycles. The minimum atomic E-state index is -0.843. The van der Waals surface area contributed by atoms with Gasteiger partial charge in [-0.15, -0.1) is 0 Å². The van der Waals surface area contributed by atoms with E-state index in [1.165, 1.54) is 17.4 Å². The van der Waals surface area contributed by atoms with Crippen LogP contribution in [-0.4, -0.2) is 55.9 Å². The maximum absolute atomic E-state index is 13.5. The van der Waals surface area contributed by atoms with Crippen molar-refractivity contribution < 1.29 is 19.1 Å². The molecule has 4 aromatic rings. The minimum absolute atomic E-state index is 0.0483. The zero-order chi connectivity index (χ0) is 30.6. The second-order valence-corrected chi connectivity index (χ2v) is 11.0. The Bertz CT molecular complexity index is 1620.